The molecule has 0 saturated carbocycles. The number of aldehydes is 1. The molecule has 2 aromatic carbocycles. The molecular weight excluding hydrogens is 835 g/mol. The van der Waals surface area contributed by atoms with Crippen molar-refractivity contribution in [3.05, 3.63) is 90.3 Å². The number of hydrazine groups is 1. The number of fused-ring (bicyclic) bond motifs is 6. The summed E-state index contributed by atoms with van der Waals surface area (Å²) in [6.07, 6.45) is 5.84. The summed E-state index contributed by atoms with van der Waals surface area (Å²) < 4.78 is 14.2. The average molecular weight is 904 g/mol. The molecule has 0 spiro atoms. The SMILES string of the molecule is C=CC(=O)N1CC(C=O)C1C.CCn1c(-c2cccnc2C(C)OC)c2c3cc(ccc31)-c1cccc(c1)CC(NC(=O)C(C(C)C)N(C)C)C(=O)N1CCC[C@H](N1)C(=O)OCC(C)(C)C2. The third kappa shape index (κ3) is 10.8. The first-order valence-electron chi connectivity index (χ1n) is 23.2. The average Bonchev–Trinajstić information content (AvgIpc) is 3.60. The number of methoxy groups -OCH3 is 1. The maximum atomic E-state index is 14.3. The van der Waals surface area contributed by atoms with Crippen LogP contribution in [0.2, 0.25) is 0 Å². The highest BCUT2D eigenvalue weighted by molar-refractivity contribution is 5.96. The smallest absolute Gasteiger partial charge is 0.324 e. The molecule has 7 rings (SSSR count). The molecule has 6 atom stereocenters. The topological polar surface area (TPSA) is 155 Å². The van der Waals surface area contributed by atoms with E-state index in [2.05, 4.69) is 79.1 Å². The predicted molar refractivity (Wildman–Crippen MR) is 257 cm³/mol. The van der Waals surface area contributed by atoms with E-state index in [1.807, 2.05) is 71.1 Å². The summed E-state index contributed by atoms with van der Waals surface area (Å²) in [6, 6.07) is 17.0. The molecule has 354 valence electrons. The number of carbonyl (C=O) groups excluding carboxylic acids is 5. The second-order valence-corrected chi connectivity index (χ2v) is 19.2. The highest BCUT2D eigenvalue weighted by atomic mass is 16.5. The Kier molecular flexibility index (Phi) is 16.0. The van der Waals surface area contributed by atoms with E-state index in [1.165, 1.54) is 11.1 Å². The lowest BCUT2D eigenvalue weighted by Gasteiger charge is -2.43. The molecule has 2 saturated heterocycles. The van der Waals surface area contributed by atoms with Crippen molar-refractivity contribution in [3.63, 3.8) is 0 Å². The number of amides is 3. The number of rotatable bonds is 10. The molecule has 5 heterocycles. The van der Waals surface area contributed by atoms with Gasteiger partial charge in [0, 0.05) is 67.3 Å². The number of likely N-dealkylation sites (N-methyl/N-ethyl adjacent to an activating group) is 1. The lowest BCUT2D eigenvalue weighted by Crippen LogP contribution is -2.61. The Balaban J connectivity index is 0.000000574. The highest BCUT2D eigenvalue weighted by Crippen LogP contribution is 2.42. The Bertz CT molecular complexity index is 2420. The standard InChI is InChI=1S/C44H58N6O5.C8H11NO2/c1-10-49-37-19-18-31-24-33(37)34(40(49)32-16-12-20-45-38(32)28(4)54-9)25-44(5,6)26-55-43(53)35-17-13-21-50(47-35)42(52)36(23-29-14-11-15-30(31)22-29)46-41(51)39(27(2)3)48(7)8;1-3-8(11)9-4-7(5-10)6(9)2/h11-12,14-16,18-20,22,24,27-28,35-36,39,47H,10,13,17,21,23,25-26H2,1-9H3,(H,46,51);3,5-7H,1,4H2,2H3/t28?,35-,36?,39?;/m0./s1. The number of aromatic nitrogens is 2. The third-order valence-electron chi connectivity index (χ3n) is 13.2. The first-order chi connectivity index (χ1) is 31.4. The number of nitrogens with one attached hydrogen (secondary N) is 2. The first-order valence-corrected chi connectivity index (χ1v) is 23.2. The van der Waals surface area contributed by atoms with E-state index < -0.39 is 29.5 Å². The fourth-order valence-electron chi connectivity index (χ4n) is 9.58. The van der Waals surface area contributed by atoms with Gasteiger partial charge in [-0.1, -0.05) is 64.6 Å². The molecule has 14 nitrogen and oxygen atoms in total. The van der Waals surface area contributed by atoms with Gasteiger partial charge in [-0.25, -0.2) is 5.43 Å². The van der Waals surface area contributed by atoms with Crippen molar-refractivity contribution in [3.8, 4) is 22.4 Å². The quantitative estimate of drug-likeness (QED) is 0.102. The molecule has 0 radical (unpaired) electrons. The number of nitrogens with zero attached hydrogens (tertiary/aromatic N) is 5. The molecule has 14 heteroatoms. The van der Waals surface area contributed by atoms with Crippen molar-refractivity contribution in [1.29, 1.82) is 0 Å². The Morgan fingerprint density at radius 2 is 1.83 bits per heavy atom. The van der Waals surface area contributed by atoms with Gasteiger partial charge in [0.2, 0.25) is 11.8 Å². The van der Waals surface area contributed by atoms with Crippen LogP contribution in [0.15, 0.2) is 73.4 Å². The van der Waals surface area contributed by atoms with Crippen LogP contribution >= 0.6 is 0 Å². The number of esters is 1. The minimum Gasteiger partial charge on any atom is -0.464 e. The van der Waals surface area contributed by atoms with E-state index in [0.29, 0.717) is 32.4 Å². The van der Waals surface area contributed by atoms with Gasteiger partial charge in [0.1, 0.15) is 18.4 Å². The monoisotopic (exact) mass is 904 g/mol. The fraction of sp³-hybridized carbons (Fsp3) is 0.500. The van der Waals surface area contributed by atoms with Crippen molar-refractivity contribution in [2.45, 2.75) is 111 Å². The van der Waals surface area contributed by atoms with Crippen LogP contribution in [0.25, 0.3) is 33.3 Å². The van der Waals surface area contributed by atoms with Gasteiger partial charge in [0.25, 0.3) is 5.91 Å². The summed E-state index contributed by atoms with van der Waals surface area (Å²) in [5.74, 6) is -0.919. The zero-order valence-electron chi connectivity index (χ0n) is 40.4. The third-order valence-corrected chi connectivity index (χ3v) is 13.2. The normalized spacial score (nSPS) is 21.8. The van der Waals surface area contributed by atoms with Gasteiger partial charge in [0.05, 0.1) is 36.1 Å². The van der Waals surface area contributed by atoms with Gasteiger partial charge < -0.3 is 29.1 Å². The number of hydrogen-bond acceptors (Lipinski definition) is 10. The highest BCUT2D eigenvalue weighted by Gasteiger charge is 2.38. The summed E-state index contributed by atoms with van der Waals surface area (Å²) in [6.45, 7) is 19.6. The number of carbonyl (C=O) groups is 5. The molecule has 4 aromatic rings. The van der Waals surface area contributed by atoms with Crippen LogP contribution in [0, 0.1) is 17.3 Å². The largest absolute Gasteiger partial charge is 0.464 e. The zero-order valence-corrected chi connectivity index (χ0v) is 40.4. The van der Waals surface area contributed by atoms with Crippen LogP contribution in [0.1, 0.15) is 84.2 Å². The van der Waals surface area contributed by atoms with Gasteiger partial charge in [-0.05, 0) is 113 Å². The van der Waals surface area contributed by atoms with E-state index in [-0.39, 0.29) is 54.7 Å². The predicted octanol–water partition coefficient (Wildman–Crippen LogP) is 6.55. The first kappa shape index (κ1) is 49.7. The van der Waals surface area contributed by atoms with Crippen LogP contribution in [0.3, 0.4) is 0 Å². The van der Waals surface area contributed by atoms with E-state index in [9.17, 15) is 24.0 Å². The molecule has 3 aliphatic heterocycles. The second-order valence-electron chi connectivity index (χ2n) is 19.2. The van der Waals surface area contributed by atoms with Gasteiger partial charge >= 0.3 is 5.97 Å². The van der Waals surface area contributed by atoms with Gasteiger partial charge in [-0.2, -0.15) is 0 Å². The molecule has 2 N–H and O–H groups in total. The molecule has 3 aliphatic rings. The summed E-state index contributed by atoms with van der Waals surface area (Å²) in [5, 5.41) is 5.73. The van der Waals surface area contributed by atoms with E-state index >= 15 is 0 Å². The van der Waals surface area contributed by atoms with Crippen LogP contribution in [0.4, 0.5) is 0 Å². The molecule has 6 bridgehead atoms. The lowest BCUT2D eigenvalue weighted by atomic mass is 9.84. The Labute approximate surface area is 390 Å². The van der Waals surface area contributed by atoms with Gasteiger partial charge in [-0.3, -0.25) is 34.1 Å². The van der Waals surface area contributed by atoms with Crippen molar-refractivity contribution in [2.24, 2.45) is 17.3 Å². The summed E-state index contributed by atoms with van der Waals surface area (Å²) in [4.78, 5) is 71.4. The summed E-state index contributed by atoms with van der Waals surface area (Å²) in [5.41, 5.74) is 10.9. The van der Waals surface area contributed by atoms with Gasteiger partial charge in [0.15, 0.2) is 0 Å². The summed E-state index contributed by atoms with van der Waals surface area (Å²) in [7, 11) is 5.45. The number of aryl methyl sites for hydroxylation is 1. The van der Waals surface area contributed by atoms with Crippen LogP contribution in [0.5, 0.6) is 0 Å². The molecular formula is C52H69N7O7. The number of hydrogen-bond donors (Lipinski definition) is 2. The Hall–Kier alpha value is -5.70. The minimum atomic E-state index is -0.859. The zero-order chi connectivity index (χ0) is 48.0. The number of likely N-dealkylation sites (tertiary alicyclic amines) is 1. The van der Waals surface area contributed by atoms with Crippen molar-refractivity contribution in [2.75, 3.05) is 40.9 Å². The lowest BCUT2D eigenvalue weighted by molar-refractivity contribution is -0.155. The van der Waals surface area contributed by atoms with Crippen LogP contribution < -0.4 is 10.7 Å². The van der Waals surface area contributed by atoms with E-state index in [0.717, 1.165) is 62.9 Å². The van der Waals surface area contributed by atoms with Crippen LogP contribution in [-0.2, 0) is 52.8 Å². The van der Waals surface area contributed by atoms with Crippen LogP contribution in [-0.4, -0.2) is 119 Å². The minimum absolute atomic E-state index is 0.0268. The molecule has 3 amide bonds. The van der Waals surface area contributed by atoms with Gasteiger partial charge in [-0.15, -0.1) is 0 Å². The molecule has 2 aromatic heterocycles. The molecule has 66 heavy (non-hydrogen) atoms. The molecule has 2 fully saturated rings. The molecule has 0 aliphatic carbocycles. The molecule has 5 unspecified atom stereocenters. The summed E-state index contributed by atoms with van der Waals surface area (Å²) >= 11 is 0. The number of pyridine rings is 1. The fourth-order valence-corrected chi connectivity index (χ4v) is 9.58. The maximum Gasteiger partial charge on any atom is 0.324 e. The van der Waals surface area contributed by atoms with E-state index in [1.54, 1.807) is 12.0 Å². The second kappa shape index (κ2) is 21.3. The van der Waals surface area contributed by atoms with Crippen molar-refractivity contribution >= 4 is 40.9 Å². The number of ether oxygens (including phenoxy) is 2. The van der Waals surface area contributed by atoms with Crippen molar-refractivity contribution < 1.29 is 33.4 Å². The Morgan fingerprint density at radius 1 is 1.09 bits per heavy atom. The number of cyclic esters (lactones) is 1. The Morgan fingerprint density at radius 3 is 2.48 bits per heavy atom. The number of benzene rings is 2. The van der Waals surface area contributed by atoms with Crippen molar-refractivity contribution in [1.82, 2.24) is 35.1 Å². The maximum absolute atomic E-state index is 14.3. The van der Waals surface area contributed by atoms with E-state index in [4.69, 9.17) is 14.5 Å².